The molecule has 4 rings (SSSR count). The van der Waals surface area contributed by atoms with Gasteiger partial charge in [-0.3, -0.25) is 15.0 Å². The number of nitro benzene ring substituents is 1. The summed E-state index contributed by atoms with van der Waals surface area (Å²) >= 11 is 0. The van der Waals surface area contributed by atoms with Gasteiger partial charge < -0.3 is 14.3 Å². The van der Waals surface area contributed by atoms with Crippen LogP contribution in [0.5, 0.6) is 0 Å². The molecule has 11 nitrogen and oxygen atoms in total. The number of piperazine rings is 2. The maximum atomic E-state index is 13.1. The number of hydrogen-bond acceptors (Lipinski definition) is 9. The zero-order valence-corrected chi connectivity index (χ0v) is 20.0. The molecule has 12 heteroatoms. The van der Waals surface area contributed by atoms with Gasteiger partial charge in [0.15, 0.2) is 0 Å². The molecular weight excluding hydrogens is 448 g/mol. The molecule has 1 aromatic carbocycles. The smallest absolute Gasteiger partial charge is 0.293 e. The molecule has 2 fully saturated rings. The van der Waals surface area contributed by atoms with Crippen molar-refractivity contribution < 1.29 is 17.9 Å². The van der Waals surface area contributed by atoms with E-state index in [0.29, 0.717) is 45.0 Å². The maximum absolute atomic E-state index is 13.1. The van der Waals surface area contributed by atoms with Gasteiger partial charge in [0.2, 0.25) is 10.0 Å². The van der Waals surface area contributed by atoms with Gasteiger partial charge in [0, 0.05) is 70.5 Å². The fraction of sp³-hybridized carbons (Fsp3) is 0.571. The van der Waals surface area contributed by atoms with E-state index >= 15 is 0 Å². The van der Waals surface area contributed by atoms with E-state index in [1.807, 2.05) is 25.8 Å². The van der Waals surface area contributed by atoms with Crippen LogP contribution in [0.4, 0.5) is 11.4 Å². The number of hydrogen-bond donors (Lipinski definition) is 0. The Morgan fingerprint density at radius 2 is 1.73 bits per heavy atom. The van der Waals surface area contributed by atoms with Crippen molar-refractivity contribution in [3.8, 4) is 0 Å². The third-order valence-electron chi connectivity index (χ3n) is 6.52. The topological polar surface area (TPSA) is 116 Å². The van der Waals surface area contributed by atoms with Crippen molar-refractivity contribution in [1.82, 2.24) is 19.3 Å². The number of nitro groups is 1. The van der Waals surface area contributed by atoms with Gasteiger partial charge in [-0.15, -0.1) is 0 Å². The normalized spacial score (nSPS) is 19.2. The number of rotatable bonds is 6. The molecule has 0 saturated carbocycles. The third-order valence-corrected chi connectivity index (χ3v) is 8.41. The Kier molecular flexibility index (Phi) is 6.71. The number of aryl methyl sites for hydroxylation is 2. The lowest BCUT2D eigenvalue weighted by Gasteiger charge is -2.36. The molecule has 0 spiro atoms. The number of sulfonamides is 1. The second kappa shape index (κ2) is 9.37. The molecule has 2 aliphatic rings. The van der Waals surface area contributed by atoms with Crippen molar-refractivity contribution in [3.05, 3.63) is 45.3 Å². The van der Waals surface area contributed by atoms with Gasteiger partial charge in [-0.05, 0) is 33.0 Å². The van der Waals surface area contributed by atoms with Crippen LogP contribution < -0.4 is 4.90 Å². The predicted octanol–water partition coefficient (Wildman–Crippen LogP) is 1.46. The van der Waals surface area contributed by atoms with Gasteiger partial charge in [0.05, 0.1) is 15.5 Å². The minimum Gasteiger partial charge on any atom is -0.363 e. The minimum atomic E-state index is -3.77. The Labute approximate surface area is 193 Å². The molecule has 3 heterocycles. The lowest BCUT2D eigenvalue weighted by atomic mass is 10.1. The average Bonchev–Trinajstić information content (AvgIpc) is 3.11. The predicted molar refractivity (Wildman–Crippen MR) is 123 cm³/mol. The van der Waals surface area contributed by atoms with Crippen molar-refractivity contribution in [2.24, 2.45) is 0 Å². The Morgan fingerprint density at radius 3 is 2.30 bits per heavy atom. The highest BCUT2D eigenvalue weighted by Crippen LogP contribution is 2.33. The number of aromatic nitrogens is 1. The molecule has 2 aromatic rings. The second-order valence-corrected chi connectivity index (χ2v) is 10.6. The maximum Gasteiger partial charge on any atom is 0.293 e. The van der Waals surface area contributed by atoms with Crippen LogP contribution in [0.2, 0.25) is 0 Å². The summed E-state index contributed by atoms with van der Waals surface area (Å²) in [6, 6.07) is 4.27. The quantitative estimate of drug-likeness (QED) is 0.449. The summed E-state index contributed by atoms with van der Waals surface area (Å²) in [6.07, 6.45) is 0. The van der Waals surface area contributed by atoms with Crippen LogP contribution in [-0.4, -0.2) is 92.0 Å². The largest absolute Gasteiger partial charge is 0.363 e. The summed E-state index contributed by atoms with van der Waals surface area (Å²) in [5.74, 6) is 0.808. The molecule has 33 heavy (non-hydrogen) atoms. The summed E-state index contributed by atoms with van der Waals surface area (Å²) in [5, 5.41) is 15.8. The monoisotopic (exact) mass is 478 g/mol. The van der Waals surface area contributed by atoms with Crippen molar-refractivity contribution in [1.29, 1.82) is 0 Å². The summed E-state index contributed by atoms with van der Waals surface area (Å²) in [7, 11) is -1.83. The van der Waals surface area contributed by atoms with Gasteiger partial charge in [-0.25, -0.2) is 8.42 Å². The lowest BCUT2D eigenvalue weighted by Crippen LogP contribution is -2.47. The van der Waals surface area contributed by atoms with E-state index in [2.05, 4.69) is 15.0 Å². The molecule has 0 aliphatic carbocycles. The molecule has 0 radical (unpaired) electrons. The van der Waals surface area contributed by atoms with E-state index in [0.717, 1.165) is 36.7 Å². The molecule has 2 aliphatic heterocycles. The summed E-state index contributed by atoms with van der Waals surface area (Å²) in [6.45, 7) is 9.22. The van der Waals surface area contributed by atoms with Crippen molar-refractivity contribution in [2.75, 3.05) is 64.3 Å². The molecule has 1 aromatic heterocycles. The molecule has 180 valence electrons. The summed E-state index contributed by atoms with van der Waals surface area (Å²) in [5.41, 5.74) is 2.23. The SMILES string of the molecule is Cc1noc(C)c1CN1CCN(c2ccc(S(=O)(=O)N3CCN(C)CC3)cc2[N+](=O)[O-])CC1. The molecule has 0 atom stereocenters. The zero-order valence-electron chi connectivity index (χ0n) is 19.2. The van der Waals surface area contributed by atoms with Crippen LogP contribution in [0.1, 0.15) is 17.0 Å². The molecular formula is C21H30N6O5S. The highest BCUT2D eigenvalue weighted by molar-refractivity contribution is 7.89. The fourth-order valence-electron chi connectivity index (χ4n) is 4.35. The number of anilines is 1. The molecule has 0 unspecified atom stereocenters. The Balaban J connectivity index is 1.49. The van der Waals surface area contributed by atoms with Crippen molar-refractivity contribution in [2.45, 2.75) is 25.3 Å². The number of benzene rings is 1. The van der Waals surface area contributed by atoms with E-state index in [9.17, 15) is 18.5 Å². The van der Waals surface area contributed by atoms with Crippen LogP contribution in [0.25, 0.3) is 0 Å². The first-order valence-corrected chi connectivity index (χ1v) is 12.5. The highest BCUT2D eigenvalue weighted by atomic mass is 32.2. The standard InChI is InChI=1S/C21H30N6O5S/c1-16-19(17(2)32-22-16)15-24-8-10-25(11-9-24)20-5-4-18(14-21(20)27(28)29)33(30,31)26-12-6-23(3)7-13-26/h4-5,14H,6-13,15H2,1-3H3. The van der Waals surface area contributed by atoms with Crippen LogP contribution in [0.3, 0.4) is 0 Å². The first-order chi connectivity index (χ1) is 15.7. The van der Waals surface area contributed by atoms with Crippen molar-refractivity contribution >= 4 is 21.4 Å². The third kappa shape index (κ3) is 4.88. The zero-order chi connectivity index (χ0) is 23.8. The van der Waals surface area contributed by atoms with Crippen LogP contribution >= 0.6 is 0 Å². The highest BCUT2D eigenvalue weighted by Gasteiger charge is 2.31. The first kappa shape index (κ1) is 23.6. The van der Waals surface area contributed by atoms with Crippen molar-refractivity contribution in [3.63, 3.8) is 0 Å². The van der Waals surface area contributed by atoms with Gasteiger partial charge in [0.1, 0.15) is 11.4 Å². The van der Waals surface area contributed by atoms with Crippen LogP contribution in [0.15, 0.2) is 27.6 Å². The van der Waals surface area contributed by atoms with Crippen LogP contribution in [0, 0.1) is 24.0 Å². The van der Waals surface area contributed by atoms with E-state index in [1.165, 1.54) is 16.4 Å². The first-order valence-electron chi connectivity index (χ1n) is 11.0. The van der Waals surface area contributed by atoms with Gasteiger partial charge in [0.25, 0.3) is 5.69 Å². The second-order valence-electron chi connectivity index (χ2n) is 8.68. The Hall–Kier alpha value is -2.54. The fourth-order valence-corrected chi connectivity index (χ4v) is 5.80. The van der Waals surface area contributed by atoms with E-state index < -0.39 is 14.9 Å². The van der Waals surface area contributed by atoms with Crippen LogP contribution in [-0.2, 0) is 16.6 Å². The molecule has 0 bridgehead atoms. The molecule has 0 amide bonds. The molecule has 0 N–H and O–H groups in total. The number of likely N-dealkylation sites (N-methyl/N-ethyl adjacent to an activating group) is 1. The Morgan fingerprint density at radius 1 is 1.06 bits per heavy atom. The molecule has 2 saturated heterocycles. The summed E-state index contributed by atoms with van der Waals surface area (Å²) in [4.78, 5) is 17.6. The van der Waals surface area contributed by atoms with E-state index in [-0.39, 0.29) is 10.6 Å². The van der Waals surface area contributed by atoms with Gasteiger partial charge >= 0.3 is 0 Å². The average molecular weight is 479 g/mol. The lowest BCUT2D eigenvalue weighted by molar-refractivity contribution is -0.384. The van der Waals surface area contributed by atoms with E-state index in [4.69, 9.17) is 4.52 Å². The summed E-state index contributed by atoms with van der Waals surface area (Å²) < 4.78 is 32.8. The van der Waals surface area contributed by atoms with Gasteiger partial charge in [-0.2, -0.15) is 4.31 Å². The van der Waals surface area contributed by atoms with Gasteiger partial charge in [-0.1, -0.05) is 5.16 Å². The minimum absolute atomic E-state index is 0.0282. The number of nitrogens with zero attached hydrogens (tertiary/aromatic N) is 6. The Bertz CT molecular complexity index is 1100. The van der Waals surface area contributed by atoms with E-state index in [1.54, 1.807) is 6.07 Å².